The van der Waals surface area contributed by atoms with Crippen LogP contribution in [0.5, 0.6) is 0 Å². The van der Waals surface area contributed by atoms with Crippen LogP contribution in [0, 0.1) is 0 Å². The summed E-state index contributed by atoms with van der Waals surface area (Å²) in [6.07, 6.45) is 2.55. The van der Waals surface area contributed by atoms with Crippen LogP contribution < -0.4 is 4.90 Å². The van der Waals surface area contributed by atoms with Crippen molar-refractivity contribution in [3.63, 3.8) is 0 Å². The van der Waals surface area contributed by atoms with Crippen LogP contribution in [0.2, 0.25) is 5.02 Å². The van der Waals surface area contributed by atoms with E-state index in [1.54, 1.807) is 0 Å². The van der Waals surface area contributed by atoms with Gasteiger partial charge in [-0.15, -0.1) is 0 Å². The van der Waals surface area contributed by atoms with Crippen molar-refractivity contribution in [2.24, 2.45) is 0 Å². The highest BCUT2D eigenvalue weighted by molar-refractivity contribution is 6.30. The lowest BCUT2D eigenvalue weighted by molar-refractivity contribution is -0.909. The lowest BCUT2D eigenvalue weighted by Crippen LogP contribution is -3.14. The van der Waals surface area contributed by atoms with Crippen molar-refractivity contribution in [2.45, 2.75) is 31.8 Å². The van der Waals surface area contributed by atoms with Gasteiger partial charge in [0.1, 0.15) is 13.1 Å². The molecule has 0 aliphatic carbocycles. The summed E-state index contributed by atoms with van der Waals surface area (Å²) in [5, 5.41) is 11.7. The first-order valence-electron chi connectivity index (χ1n) is 7.54. The molecule has 3 nitrogen and oxygen atoms in total. The van der Waals surface area contributed by atoms with E-state index in [-0.39, 0.29) is 0 Å². The van der Waals surface area contributed by atoms with Gasteiger partial charge in [0.25, 0.3) is 0 Å². The van der Waals surface area contributed by atoms with E-state index in [1.807, 2.05) is 24.3 Å². The van der Waals surface area contributed by atoms with Gasteiger partial charge >= 0.3 is 0 Å². The molecule has 0 unspecified atom stereocenters. The van der Waals surface area contributed by atoms with Crippen LogP contribution in [0.25, 0.3) is 0 Å². The number of aliphatic hydroxyl groups is 1. The quantitative estimate of drug-likeness (QED) is 0.837. The highest BCUT2D eigenvalue weighted by atomic mass is 35.5. The fraction of sp³-hybridized carbons (Fsp3) is 0.625. The highest BCUT2D eigenvalue weighted by Gasteiger charge is 2.30. The van der Waals surface area contributed by atoms with Crippen molar-refractivity contribution in [3.8, 4) is 0 Å². The van der Waals surface area contributed by atoms with Gasteiger partial charge < -0.3 is 14.7 Å². The predicted molar refractivity (Wildman–Crippen MR) is 81.3 cm³/mol. The topological polar surface area (TPSA) is 33.9 Å². The Morgan fingerprint density at radius 1 is 1.20 bits per heavy atom. The van der Waals surface area contributed by atoms with Crippen molar-refractivity contribution in [1.82, 2.24) is 0 Å². The molecule has 1 aliphatic rings. The molecule has 2 N–H and O–H groups in total. The third-order valence-electron chi connectivity index (χ3n) is 4.14. The Kier molecular flexibility index (Phi) is 5.85. The molecule has 1 heterocycles. The second-order valence-corrected chi connectivity index (χ2v) is 6.09. The lowest BCUT2D eigenvalue weighted by atomic mass is 9.86. The molecule has 4 heteroatoms. The van der Waals surface area contributed by atoms with Crippen LogP contribution in [0.3, 0.4) is 0 Å². The van der Waals surface area contributed by atoms with Crippen molar-refractivity contribution >= 4 is 11.6 Å². The van der Waals surface area contributed by atoms with E-state index in [2.05, 4.69) is 6.92 Å². The first-order valence-corrected chi connectivity index (χ1v) is 7.91. The molecule has 112 valence electrons. The lowest BCUT2D eigenvalue weighted by Gasteiger charge is -2.31. The molecule has 1 aliphatic heterocycles. The number of nitrogens with one attached hydrogen (secondary N) is 1. The normalized spacial score (nSPS) is 19.8. The molecule has 1 atom stereocenters. The van der Waals surface area contributed by atoms with Gasteiger partial charge in [0.2, 0.25) is 0 Å². The van der Waals surface area contributed by atoms with Gasteiger partial charge in [-0.05, 0) is 24.1 Å². The fourth-order valence-corrected chi connectivity index (χ4v) is 3.01. The standard InChI is InChI=1S/C16H24ClNO2/c1-2-7-16(19,14-3-5-15(17)6-4-14)8-9-18-10-12-20-13-11-18/h3-6,19H,2,7-13H2,1H3/p+1/t16-/m0/s1. The van der Waals surface area contributed by atoms with Crippen LogP contribution in [-0.4, -0.2) is 38.0 Å². The van der Waals surface area contributed by atoms with Crippen molar-refractivity contribution < 1.29 is 14.7 Å². The first-order chi connectivity index (χ1) is 9.64. The molecule has 0 amide bonds. The summed E-state index contributed by atoms with van der Waals surface area (Å²) in [7, 11) is 0. The summed E-state index contributed by atoms with van der Waals surface area (Å²) in [4.78, 5) is 1.53. The average molecular weight is 299 g/mol. The zero-order chi connectivity index (χ0) is 14.4. The van der Waals surface area contributed by atoms with E-state index in [0.717, 1.165) is 57.7 Å². The maximum absolute atomic E-state index is 11.0. The van der Waals surface area contributed by atoms with E-state index < -0.39 is 5.60 Å². The molecular weight excluding hydrogens is 274 g/mol. The van der Waals surface area contributed by atoms with Crippen LogP contribution in [0.4, 0.5) is 0 Å². The third-order valence-corrected chi connectivity index (χ3v) is 4.39. The summed E-state index contributed by atoms with van der Waals surface area (Å²) >= 11 is 5.94. The van der Waals surface area contributed by atoms with Crippen molar-refractivity contribution in [3.05, 3.63) is 34.9 Å². The molecule has 0 aromatic heterocycles. The zero-order valence-electron chi connectivity index (χ0n) is 12.2. The second kappa shape index (κ2) is 7.41. The Hall–Kier alpha value is -0.610. The van der Waals surface area contributed by atoms with Crippen LogP contribution >= 0.6 is 11.6 Å². The van der Waals surface area contributed by atoms with Gasteiger partial charge in [0.05, 0.1) is 25.4 Å². The van der Waals surface area contributed by atoms with E-state index in [0.29, 0.717) is 5.02 Å². The SMILES string of the molecule is CCC[C@](O)(CC[NH+]1CCOCC1)c1ccc(Cl)cc1. The van der Waals surface area contributed by atoms with Crippen LogP contribution in [-0.2, 0) is 10.3 Å². The summed E-state index contributed by atoms with van der Waals surface area (Å²) in [5.41, 5.74) is 0.251. The van der Waals surface area contributed by atoms with Gasteiger partial charge in [-0.25, -0.2) is 0 Å². The molecule has 0 radical (unpaired) electrons. The number of hydrogen-bond acceptors (Lipinski definition) is 2. The molecule has 2 rings (SSSR count). The minimum absolute atomic E-state index is 0.714. The fourth-order valence-electron chi connectivity index (χ4n) is 2.88. The van der Waals surface area contributed by atoms with Gasteiger partial charge in [-0.1, -0.05) is 37.1 Å². The largest absolute Gasteiger partial charge is 0.385 e. The summed E-state index contributed by atoms with van der Waals surface area (Å²) in [6.45, 7) is 6.86. The minimum Gasteiger partial charge on any atom is -0.385 e. The van der Waals surface area contributed by atoms with E-state index in [4.69, 9.17) is 16.3 Å². The Morgan fingerprint density at radius 3 is 2.45 bits per heavy atom. The monoisotopic (exact) mass is 298 g/mol. The van der Waals surface area contributed by atoms with Crippen LogP contribution in [0.1, 0.15) is 31.7 Å². The summed E-state index contributed by atoms with van der Waals surface area (Å²) in [6, 6.07) is 7.62. The highest BCUT2D eigenvalue weighted by Crippen LogP contribution is 2.30. The first kappa shape index (κ1) is 15.8. The van der Waals surface area contributed by atoms with Crippen molar-refractivity contribution in [2.75, 3.05) is 32.8 Å². The predicted octanol–water partition coefficient (Wildman–Crippen LogP) is 1.63. The summed E-state index contributed by atoms with van der Waals surface area (Å²) < 4.78 is 5.38. The zero-order valence-corrected chi connectivity index (χ0v) is 13.0. The van der Waals surface area contributed by atoms with Gasteiger partial charge in [-0.3, -0.25) is 0 Å². The molecule has 0 saturated carbocycles. The second-order valence-electron chi connectivity index (χ2n) is 5.65. The minimum atomic E-state index is -0.732. The average Bonchev–Trinajstić information content (AvgIpc) is 2.47. The maximum Gasteiger partial charge on any atom is 0.101 e. The third kappa shape index (κ3) is 4.19. The molecule has 0 bridgehead atoms. The van der Waals surface area contributed by atoms with E-state index >= 15 is 0 Å². The Labute approximate surface area is 126 Å². The Morgan fingerprint density at radius 2 is 1.85 bits per heavy atom. The molecule has 1 aromatic carbocycles. The van der Waals surface area contributed by atoms with Gasteiger partial charge in [0.15, 0.2) is 0 Å². The van der Waals surface area contributed by atoms with Crippen LogP contribution in [0.15, 0.2) is 24.3 Å². The number of benzene rings is 1. The molecule has 0 spiro atoms. The van der Waals surface area contributed by atoms with Gasteiger partial charge in [-0.2, -0.15) is 0 Å². The Bertz CT molecular complexity index is 403. The molecular formula is C16H25ClNO2+. The summed E-state index contributed by atoms with van der Waals surface area (Å²) in [5.74, 6) is 0. The van der Waals surface area contributed by atoms with E-state index in [1.165, 1.54) is 4.90 Å². The maximum atomic E-state index is 11.0. The van der Waals surface area contributed by atoms with Gasteiger partial charge in [0, 0.05) is 11.4 Å². The number of quaternary nitrogens is 1. The van der Waals surface area contributed by atoms with E-state index in [9.17, 15) is 5.11 Å². The Balaban J connectivity index is 2.02. The molecule has 1 saturated heterocycles. The number of ether oxygens (including phenoxy) is 1. The number of morpholine rings is 1. The molecule has 1 aromatic rings. The molecule has 20 heavy (non-hydrogen) atoms. The number of halogens is 1. The molecule has 1 fully saturated rings. The number of rotatable bonds is 6. The number of hydrogen-bond donors (Lipinski definition) is 2. The van der Waals surface area contributed by atoms with Crippen molar-refractivity contribution in [1.29, 1.82) is 0 Å². The smallest absolute Gasteiger partial charge is 0.101 e.